The van der Waals surface area contributed by atoms with Crippen LogP contribution in [0.5, 0.6) is 0 Å². The second-order valence-electron chi connectivity index (χ2n) is 3.55. The van der Waals surface area contributed by atoms with Crippen molar-refractivity contribution in [2.75, 3.05) is 12.3 Å². The third-order valence-corrected chi connectivity index (χ3v) is 3.47. The number of rotatable bonds is 1. The Hall–Kier alpha value is 0.310. The summed E-state index contributed by atoms with van der Waals surface area (Å²) in [5.74, 6) is 3.00. The van der Waals surface area contributed by atoms with Gasteiger partial charge in [-0.25, -0.2) is 0 Å². The van der Waals surface area contributed by atoms with Crippen molar-refractivity contribution in [2.24, 2.45) is 11.8 Å². The predicted octanol–water partition coefficient (Wildman–Crippen LogP) is 1.30. The molecule has 1 saturated heterocycles. The van der Waals surface area contributed by atoms with Crippen molar-refractivity contribution in [3.63, 3.8) is 0 Å². The van der Waals surface area contributed by atoms with Crippen molar-refractivity contribution in [3.8, 4) is 0 Å². The monoisotopic (exact) mass is 157 g/mol. The minimum Gasteiger partial charge on any atom is -0.313 e. The van der Waals surface area contributed by atoms with Crippen LogP contribution < -0.4 is 5.32 Å². The minimum atomic E-state index is 0.732. The SMILES string of the molecule is SCC1NCC2CCCC21. The van der Waals surface area contributed by atoms with Gasteiger partial charge in [0.15, 0.2) is 0 Å². The van der Waals surface area contributed by atoms with Crippen LogP contribution in [0.15, 0.2) is 0 Å². The summed E-state index contributed by atoms with van der Waals surface area (Å²) in [6.45, 7) is 1.26. The van der Waals surface area contributed by atoms with Gasteiger partial charge in [-0.3, -0.25) is 0 Å². The number of nitrogens with one attached hydrogen (secondary N) is 1. The molecule has 0 radical (unpaired) electrons. The van der Waals surface area contributed by atoms with E-state index in [0.29, 0.717) is 0 Å². The van der Waals surface area contributed by atoms with E-state index in [9.17, 15) is 0 Å². The van der Waals surface area contributed by atoms with E-state index >= 15 is 0 Å². The van der Waals surface area contributed by atoms with Gasteiger partial charge in [-0.1, -0.05) is 6.42 Å². The van der Waals surface area contributed by atoms with Gasteiger partial charge in [0.2, 0.25) is 0 Å². The quantitative estimate of drug-likeness (QED) is 0.547. The second-order valence-corrected chi connectivity index (χ2v) is 3.92. The molecule has 1 saturated carbocycles. The van der Waals surface area contributed by atoms with Crippen LogP contribution in [-0.4, -0.2) is 18.3 Å². The maximum absolute atomic E-state index is 4.33. The first-order valence-electron chi connectivity index (χ1n) is 4.26. The van der Waals surface area contributed by atoms with Crippen molar-refractivity contribution in [1.82, 2.24) is 5.32 Å². The maximum atomic E-state index is 4.33. The molecule has 1 heterocycles. The fraction of sp³-hybridized carbons (Fsp3) is 1.00. The average molecular weight is 157 g/mol. The van der Waals surface area contributed by atoms with E-state index in [4.69, 9.17) is 0 Å². The molecule has 0 spiro atoms. The molecular formula is C8H15NS. The summed E-state index contributed by atoms with van der Waals surface area (Å²) in [7, 11) is 0. The van der Waals surface area contributed by atoms with Crippen molar-refractivity contribution in [2.45, 2.75) is 25.3 Å². The molecule has 3 unspecified atom stereocenters. The highest BCUT2D eigenvalue weighted by Gasteiger charge is 2.37. The predicted molar refractivity (Wildman–Crippen MR) is 46.5 cm³/mol. The van der Waals surface area contributed by atoms with Crippen LogP contribution in [0.25, 0.3) is 0 Å². The lowest BCUT2D eigenvalue weighted by Crippen LogP contribution is -2.28. The van der Waals surface area contributed by atoms with Gasteiger partial charge in [0.1, 0.15) is 0 Å². The van der Waals surface area contributed by atoms with Crippen molar-refractivity contribution >= 4 is 12.6 Å². The molecule has 10 heavy (non-hydrogen) atoms. The largest absolute Gasteiger partial charge is 0.313 e. The first-order chi connectivity index (χ1) is 4.92. The topological polar surface area (TPSA) is 12.0 Å². The average Bonchev–Trinajstić information content (AvgIpc) is 2.44. The fourth-order valence-electron chi connectivity index (χ4n) is 2.50. The first kappa shape index (κ1) is 6.99. The Morgan fingerprint density at radius 2 is 2.30 bits per heavy atom. The molecule has 58 valence electrons. The molecule has 0 aromatic carbocycles. The summed E-state index contributed by atoms with van der Waals surface area (Å²) >= 11 is 4.33. The Bertz CT molecular complexity index is 126. The third-order valence-electron chi connectivity index (χ3n) is 3.07. The lowest BCUT2D eigenvalue weighted by atomic mass is 9.95. The van der Waals surface area contributed by atoms with Crippen LogP contribution in [-0.2, 0) is 0 Å². The molecule has 2 fully saturated rings. The summed E-state index contributed by atoms with van der Waals surface area (Å²) in [5.41, 5.74) is 0. The number of fused-ring (bicyclic) bond motifs is 1. The van der Waals surface area contributed by atoms with E-state index in [0.717, 1.165) is 23.6 Å². The molecule has 1 aliphatic heterocycles. The molecular weight excluding hydrogens is 142 g/mol. The summed E-state index contributed by atoms with van der Waals surface area (Å²) in [4.78, 5) is 0. The van der Waals surface area contributed by atoms with Crippen molar-refractivity contribution < 1.29 is 0 Å². The molecule has 0 bridgehead atoms. The zero-order valence-electron chi connectivity index (χ0n) is 6.21. The summed E-state index contributed by atoms with van der Waals surface area (Å²) < 4.78 is 0. The van der Waals surface area contributed by atoms with Crippen molar-refractivity contribution in [3.05, 3.63) is 0 Å². The lowest BCUT2D eigenvalue weighted by molar-refractivity contribution is 0.437. The number of thiol groups is 1. The molecule has 0 aromatic rings. The Morgan fingerprint density at radius 3 is 3.10 bits per heavy atom. The van der Waals surface area contributed by atoms with Crippen LogP contribution in [0, 0.1) is 11.8 Å². The molecule has 1 N–H and O–H groups in total. The Kier molecular flexibility index (Phi) is 1.92. The van der Waals surface area contributed by atoms with Gasteiger partial charge < -0.3 is 5.32 Å². The summed E-state index contributed by atoms with van der Waals surface area (Å²) in [6.07, 6.45) is 4.37. The van der Waals surface area contributed by atoms with E-state index in [1.165, 1.54) is 25.8 Å². The lowest BCUT2D eigenvalue weighted by Gasteiger charge is -2.14. The van der Waals surface area contributed by atoms with E-state index in [1.807, 2.05) is 0 Å². The van der Waals surface area contributed by atoms with Gasteiger partial charge in [-0.2, -0.15) is 12.6 Å². The van der Waals surface area contributed by atoms with E-state index in [1.54, 1.807) is 0 Å². The zero-order valence-corrected chi connectivity index (χ0v) is 7.11. The molecule has 1 nitrogen and oxygen atoms in total. The molecule has 0 amide bonds. The van der Waals surface area contributed by atoms with Gasteiger partial charge in [0.05, 0.1) is 0 Å². The maximum Gasteiger partial charge on any atom is 0.0187 e. The van der Waals surface area contributed by atoms with Gasteiger partial charge >= 0.3 is 0 Å². The number of hydrogen-bond donors (Lipinski definition) is 2. The minimum absolute atomic E-state index is 0.732. The molecule has 3 atom stereocenters. The van der Waals surface area contributed by atoms with Crippen molar-refractivity contribution in [1.29, 1.82) is 0 Å². The highest BCUT2D eigenvalue weighted by atomic mass is 32.1. The van der Waals surface area contributed by atoms with Gasteiger partial charge in [-0.05, 0) is 31.2 Å². The standard InChI is InChI=1S/C8H15NS/c10-5-8-7-3-1-2-6(7)4-9-8/h6-10H,1-5H2. The zero-order chi connectivity index (χ0) is 6.97. The number of hydrogen-bond acceptors (Lipinski definition) is 2. The fourth-order valence-corrected chi connectivity index (χ4v) is 2.90. The smallest absolute Gasteiger partial charge is 0.0187 e. The highest BCUT2D eigenvalue weighted by molar-refractivity contribution is 7.80. The van der Waals surface area contributed by atoms with Gasteiger partial charge in [-0.15, -0.1) is 0 Å². The molecule has 2 heteroatoms. The Morgan fingerprint density at radius 1 is 1.40 bits per heavy atom. The second kappa shape index (κ2) is 2.74. The van der Waals surface area contributed by atoms with E-state index in [2.05, 4.69) is 17.9 Å². The van der Waals surface area contributed by atoms with Gasteiger partial charge in [0, 0.05) is 11.8 Å². The molecule has 1 aliphatic carbocycles. The van der Waals surface area contributed by atoms with E-state index < -0.39 is 0 Å². The van der Waals surface area contributed by atoms with Crippen LogP contribution in [0.3, 0.4) is 0 Å². The van der Waals surface area contributed by atoms with E-state index in [-0.39, 0.29) is 0 Å². The third kappa shape index (κ3) is 0.978. The van der Waals surface area contributed by atoms with Gasteiger partial charge in [0.25, 0.3) is 0 Å². The molecule has 2 aliphatic rings. The Balaban J connectivity index is 2.01. The highest BCUT2D eigenvalue weighted by Crippen LogP contribution is 2.37. The summed E-state index contributed by atoms with van der Waals surface area (Å²) in [6, 6.07) is 0.732. The van der Waals surface area contributed by atoms with Crippen LogP contribution in [0.2, 0.25) is 0 Å². The summed E-state index contributed by atoms with van der Waals surface area (Å²) in [5, 5.41) is 3.53. The van der Waals surface area contributed by atoms with Crippen LogP contribution >= 0.6 is 12.6 Å². The van der Waals surface area contributed by atoms with Crippen LogP contribution in [0.1, 0.15) is 19.3 Å². The molecule has 0 aromatic heterocycles. The Labute approximate surface area is 68.0 Å². The van der Waals surface area contributed by atoms with Crippen LogP contribution in [0.4, 0.5) is 0 Å². The normalized spacial score (nSPS) is 45.9. The molecule has 2 rings (SSSR count). The first-order valence-corrected chi connectivity index (χ1v) is 4.89.